The molecule has 6 heteroatoms. The fourth-order valence-corrected chi connectivity index (χ4v) is 3.41. The molecule has 0 spiro atoms. The number of aryl methyl sites for hydroxylation is 1. The van der Waals surface area contributed by atoms with E-state index in [1.54, 1.807) is 6.20 Å². The highest BCUT2D eigenvalue weighted by Gasteiger charge is 2.33. The van der Waals surface area contributed by atoms with Gasteiger partial charge in [-0.2, -0.15) is 5.10 Å². The van der Waals surface area contributed by atoms with Gasteiger partial charge in [0, 0.05) is 24.0 Å². The lowest BCUT2D eigenvalue weighted by Gasteiger charge is -2.22. The number of pyridine rings is 1. The first kappa shape index (κ1) is 15.9. The Morgan fingerprint density at radius 2 is 2.22 bits per heavy atom. The Balaban J connectivity index is 1.97. The van der Waals surface area contributed by atoms with Crippen LogP contribution in [0.25, 0.3) is 11.0 Å². The molecule has 0 aliphatic carbocycles. The van der Waals surface area contributed by atoms with Gasteiger partial charge in [0.1, 0.15) is 0 Å². The maximum absolute atomic E-state index is 12.9. The molecule has 3 heterocycles. The molecule has 1 aliphatic rings. The summed E-state index contributed by atoms with van der Waals surface area (Å²) in [6.45, 7) is 9.49. The highest BCUT2D eigenvalue weighted by atomic mass is 16.2. The third kappa shape index (κ3) is 2.72. The zero-order chi connectivity index (χ0) is 16.7. The van der Waals surface area contributed by atoms with E-state index >= 15 is 0 Å². The van der Waals surface area contributed by atoms with Crippen LogP contribution in [0.5, 0.6) is 0 Å². The molecular formula is C17H25N5O. The molecule has 2 atom stereocenters. The smallest absolute Gasteiger partial charge is 0.255 e. The first-order valence-electron chi connectivity index (χ1n) is 8.28. The molecule has 1 amide bonds. The van der Waals surface area contributed by atoms with Gasteiger partial charge in [0.2, 0.25) is 0 Å². The molecule has 124 valence electrons. The molecule has 6 nitrogen and oxygen atoms in total. The normalized spacial score (nSPS) is 21.6. The van der Waals surface area contributed by atoms with E-state index in [1.165, 1.54) is 0 Å². The molecule has 1 fully saturated rings. The van der Waals surface area contributed by atoms with Crippen molar-refractivity contribution in [2.24, 2.45) is 11.7 Å². The van der Waals surface area contributed by atoms with Gasteiger partial charge in [-0.3, -0.25) is 4.79 Å². The average Bonchev–Trinajstić information content (AvgIpc) is 3.08. The van der Waals surface area contributed by atoms with Crippen molar-refractivity contribution >= 4 is 16.9 Å². The highest BCUT2D eigenvalue weighted by molar-refractivity contribution is 5.98. The zero-order valence-electron chi connectivity index (χ0n) is 14.3. The Morgan fingerprint density at radius 3 is 2.83 bits per heavy atom. The lowest BCUT2D eigenvalue weighted by Crippen LogP contribution is -2.35. The molecule has 2 aromatic rings. The molecule has 0 radical (unpaired) electrons. The number of nitrogens with two attached hydrogens (primary N) is 1. The second-order valence-electron chi connectivity index (χ2n) is 6.86. The van der Waals surface area contributed by atoms with Crippen molar-refractivity contribution in [3.63, 3.8) is 0 Å². The maximum Gasteiger partial charge on any atom is 0.255 e. The number of hydrogen-bond acceptors (Lipinski definition) is 4. The van der Waals surface area contributed by atoms with Gasteiger partial charge in [-0.25, -0.2) is 9.67 Å². The Morgan fingerprint density at radius 1 is 1.48 bits per heavy atom. The quantitative estimate of drug-likeness (QED) is 0.941. The Labute approximate surface area is 136 Å². The molecule has 2 aromatic heterocycles. The number of fused-ring (bicyclic) bond motifs is 1. The van der Waals surface area contributed by atoms with Gasteiger partial charge < -0.3 is 10.6 Å². The number of carbonyl (C=O) groups excluding carboxylic acids is 1. The van der Waals surface area contributed by atoms with Crippen LogP contribution in [0, 0.1) is 12.8 Å². The molecule has 0 aromatic carbocycles. The third-order valence-electron chi connectivity index (χ3n) is 4.73. The van der Waals surface area contributed by atoms with Crippen molar-refractivity contribution in [1.82, 2.24) is 19.7 Å². The van der Waals surface area contributed by atoms with Gasteiger partial charge in [-0.05, 0) is 52.6 Å². The van der Waals surface area contributed by atoms with E-state index in [9.17, 15) is 4.79 Å². The summed E-state index contributed by atoms with van der Waals surface area (Å²) in [4.78, 5) is 19.5. The van der Waals surface area contributed by atoms with E-state index in [-0.39, 0.29) is 18.0 Å². The summed E-state index contributed by atoms with van der Waals surface area (Å²) in [6.07, 6.45) is 2.76. The second kappa shape index (κ2) is 5.92. The van der Waals surface area contributed by atoms with E-state index in [4.69, 9.17) is 5.73 Å². The van der Waals surface area contributed by atoms with E-state index in [2.05, 4.69) is 30.9 Å². The molecule has 2 N–H and O–H groups in total. The maximum atomic E-state index is 12.9. The van der Waals surface area contributed by atoms with Crippen molar-refractivity contribution in [3.05, 3.63) is 23.5 Å². The van der Waals surface area contributed by atoms with Crippen LogP contribution in [-0.4, -0.2) is 44.7 Å². The summed E-state index contributed by atoms with van der Waals surface area (Å²) in [5.41, 5.74) is 8.04. The van der Waals surface area contributed by atoms with Crippen LogP contribution in [0.2, 0.25) is 0 Å². The van der Waals surface area contributed by atoms with Crippen LogP contribution in [0.1, 0.15) is 49.3 Å². The van der Waals surface area contributed by atoms with Gasteiger partial charge in [-0.15, -0.1) is 0 Å². The molecule has 0 bridgehead atoms. The fourth-order valence-electron chi connectivity index (χ4n) is 3.41. The summed E-state index contributed by atoms with van der Waals surface area (Å²) in [7, 11) is 0. The molecule has 2 unspecified atom stereocenters. The van der Waals surface area contributed by atoms with Crippen molar-refractivity contribution in [2.45, 2.75) is 46.2 Å². The van der Waals surface area contributed by atoms with Crippen molar-refractivity contribution in [2.75, 3.05) is 13.1 Å². The Bertz CT molecular complexity index is 736. The number of nitrogens with zero attached hydrogens (tertiary/aromatic N) is 4. The lowest BCUT2D eigenvalue weighted by atomic mass is 10.1. The van der Waals surface area contributed by atoms with Crippen LogP contribution in [0.3, 0.4) is 0 Å². The minimum atomic E-state index is 0.0534. The summed E-state index contributed by atoms with van der Waals surface area (Å²) in [6, 6.07) is 2.39. The van der Waals surface area contributed by atoms with Crippen LogP contribution < -0.4 is 5.73 Å². The van der Waals surface area contributed by atoms with Gasteiger partial charge >= 0.3 is 0 Å². The first-order chi connectivity index (χ1) is 10.9. The van der Waals surface area contributed by atoms with E-state index in [1.807, 2.05) is 22.6 Å². The number of rotatable bonds is 3. The number of likely N-dealkylation sites (tertiary alicyclic amines) is 1. The average molecular weight is 315 g/mol. The number of hydrogen-bond donors (Lipinski definition) is 1. The monoisotopic (exact) mass is 315 g/mol. The second-order valence-corrected chi connectivity index (χ2v) is 6.86. The van der Waals surface area contributed by atoms with E-state index < -0.39 is 0 Å². The molecule has 0 saturated carbocycles. The molecular weight excluding hydrogens is 290 g/mol. The predicted octanol–water partition coefficient (Wildman–Crippen LogP) is 2.13. The highest BCUT2D eigenvalue weighted by Crippen LogP contribution is 2.26. The van der Waals surface area contributed by atoms with E-state index in [0.717, 1.165) is 29.7 Å². The summed E-state index contributed by atoms with van der Waals surface area (Å²) >= 11 is 0. The summed E-state index contributed by atoms with van der Waals surface area (Å²) in [5.74, 6) is 0.451. The predicted molar refractivity (Wildman–Crippen MR) is 90.3 cm³/mol. The van der Waals surface area contributed by atoms with Crippen molar-refractivity contribution in [1.29, 1.82) is 0 Å². The topological polar surface area (TPSA) is 77.0 Å². The molecule has 1 saturated heterocycles. The largest absolute Gasteiger partial charge is 0.336 e. The Kier molecular flexibility index (Phi) is 4.10. The van der Waals surface area contributed by atoms with Gasteiger partial charge in [-0.1, -0.05) is 0 Å². The number of carbonyl (C=O) groups is 1. The number of aromatic nitrogens is 3. The van der Waals surface area contributed by atoms with Gasteiger partial charge in [0.05, 0.1) is 17.5 Å². The van der Waals surface area contributed by atoms with Crippen molar-refractivity contribution < 1.29 is 4.79 Å². The minimum absolute atomic E-state index is 0.0534. The van der Waals surface area contributed by atoms with Crippen LogP contribution in [-0.2, 0) is 0 Å². The molecule has 23 heavy (non-hydrogen) atoms. The summed E-state index contributed by atoms with van der Waals surface area (Å²) < 4.78 is 1.89. The third-order valence-corrected chi connectivity index (χ3v) is 4.73. The minimum Gasteiger partial charge on any atom is -0.336 e. The summed E-state index contributed by atoms with van der Waals surface area (Å²) in [5, 5.41) is 5.30. The molecule has 1 aliphatic heterocycles. The fraction of sp³-hybridized carbons (Fsp3) is 0.588. The van der Waals surface area contributed by atoms with Crippen molar-refractivity contribution in [3.8, 4) is 0 Å². The van der Waals surface area contributed by atoms with Crippen LogP contribution >= 0.6 is 0 Å². The van der Waals surface area contributed by atoms with Gasteiger partial charge in [0.25, 0.3) is 5.91 Å². The standard InChI is InChI=1S/C17H25N5O/c1-10(2)22-16-14(8-19-22)6-15(12(4)20-16)17(23)21-9-13(7-18)5-11(21)3/h6,8,10-11,13H,5,7,9,18H2,1-4H3. The van der Waals surface area contributed by atoms with Gasteiger partial charge in [0.15, 0.2) is 5.65 Å². The first-order valence-corrected chi connectivity index (χ1v) is 8.28. The van der Waals surface area contributed by atoms with Crippen LogP contribution in [0.15, 0.2) is 12.3 Å². The Hall–Kier alpha value is -1.95. The van der Waals surface area contributed by atoms with Crippen LogP contribution in [0.4, 0.5) is 0 Å². The SMILES string of the molecule is Cc1nc2c(cnn2C(C)C)cc1C(=O)N1CC(CN)CC1C. The lowest BCUT2D eigenvalue weighted by molar-refractivity contribution is 0.0742. The number of amides is 1. The van der Waals surface area contributed by atoms with E-state index in [0.29, 0.717) is 18.0 Å². The molecule has 3 rings (SSSR count). The zero-order valence-corrected chi connectivity index (χ0v) is 14.3.